The van der Waals surface area contributed by atoms with Gasteiger partial charge in [0.25, 0.3) is 0 Å². The van der Waals surface area contributed by atoms with Crippen molar-refractivity contribution >= 4 is 46.4 Å². The van der Waals surface area contributed by atoms with Gasteiger partial charge in [0, 0.05) is 16.2 Å². The number of anilines is 1. The number of rotatable bonds is 3. The molecule has 0 spiro atoms. The lowest BCUT2D eigenvalue weighted by Crippen LogP contribution is -2.15. The van der Waals surface area contributed by atoms with Crippen molar-refractivity contribution in [2.75, 3.05) is 5.32 Å². The van der Waals surface area contributed by atoms with Crippen molar-refractivity contribution in [3.63, 3.8) is 0 Å². The van der Waals surface area contributed by atoms with Crippen molar-refractivity contribution in [2.45, 2.75) is 6.42 Å². The number of halogens is 3. The van der Waals surface area contributed by atoms with Crippen molar-refractivity contribution in [3.8, 4) is 6.07 Å². The number of carbonyl (C=O) groups is 1. The van der Waals surface area contributed by atoms with Gasteiger partial charge < -0.3 is 5.32 Å². The molecule has 1 aromatic heterocycles. The van der Waals surface area contributed by atoms with E-state index >= 15 is 0 Å². The van der Waals surface area contributed by atoms with E-state index < -0.39 is 0 Å². The number of nitrogens with zero attached hydrogens (tertiary/aromatic N) is 2. The highest BCUT2D eigenvalue weighted by Gasteiger charge is 2.11. The van der Waals surface area contributed by atoms with E-state index in [4.69, 9.17) is 40.1 Å². The summed E-state index contributed by atoms with van der Waals surface area (Å²) in [5, 5.41) is 12.4. The van der Waals surface area contributed by atoms with E-state index in [0.717, 1.165) is 0 Å². The minimum atomic E-state index is -0.321. The van der Waals surface area contributed by atoms with E-state index in [1.54, 1.807) is 18.2 Å². The Labute approximate surface area is 136 Å². The highest BCUT2D eigenvalue weighted by molar-refractivity contribution is 6.35. The highest BCUT2D eigenvalue weighted by Crippen LogP contribution is 2.23. The molecule has 0 saturated carbocycles. The zero-order chi connectivity index (χ0) is 15.4. The molecule has 0 atom stereocenters. The van der Waals surface area contributed by atoms with Gasteiger partial charge in [0.2, 0.25) is 5.91 Å². The molecule has 0 saturated heterocycles. The molecular formula is C14H8Cl3N3O. The quantitative estimate of drug-likeness (QED) is 0.856. The van der Waals surface area contributed by atoms with Gasteiger partial charge in [-0.25, -0.2) is 4.98 Å². The molecule has 0 aliphatic carbocycles. The molecule has 0 bridgehead atoms. The van der Waals surface area contributed by atoms with E-state index in [1.165, 1.54) is 12.3 Å². The maximum atomic E-state index is 12.0. The van der Waals surface area contributed by atoms with E-state index in [-0.39, 0.29) is 23.2 Å². The summed E-state index contributed by atoms with van der Waals surface area (Å²) in [6.45, 7) is 0. The smallest absolute Gasteiger partial charge is 0.228 e. The number of nitrogens with one attached hydrogen (secondary N) is 1. The van der Waals surface area contributed by atoms with Crippen molar-refractivity contribution in [1.29, 1.82) is 5.26 Å². The molecule has 1 N–H and O–H groups in total. The van der Waals surface area contributed by atoms with Crippen molar-refractivity contribution in [3.05, 3.63) is 56.8 Å². The summed E-state index contributed by atoms with van der Waals surface area (Å²) in [7, 11) is 0. The first-order chi connectivity index (χ1) is 9.99. The first-order valence-electron chi connectivity index (χ1n) is 5.79. The molecule has 7 heteroatoms. The standard InChI is InChI=1S/C14H8Cl3N3O/c15-10-2-1-9(11(16)5-10)4-13(21)20-12-3-8(6-18)7-19-14(12)17/h1-3,5,7H,4H2,(H,20,21). The number of aromatic nitrogens is 1. The van der Waals surface area contributed by atoms with Crippen molar-refractivity contribution in [2.24, 2.45) is 0 Å². The van der Waals surface area contributed by atoms with Crippen LogP contribution in [-0.2, 0) is 11.2 Å². The van der Waals surface area contributed by atoms with Crippen LogP contribution >= 0.6 is 34.8 Å². The van der Waals surface area contributed by atoms with Crippen LogP contribution in [-0.4, -0.2) is 10.9 Å². The summed E-state index contributed by atoms with van der Waals surface area (Å²) in [6, 6.07) is 8.28. The maximum Gasteiger partial charge on any atom is 0.228 e. The summed E-state index contributed by atoms with van der Waals surface area (Å²) < 4.78 is 0. The largest absolute Gasteiger partial charge is 0.323 e. The van der Waals surface area contributed by atoms with Gasteiger partial charge in [-0.2, -0.15) is 5.26 Å². The first kappa shape index (κ1) is 15.6. The number of hydrogen-bond acceptors (Lipinski definition) is 3. The molecule has 0 radical (unpaired) electrons. The molecule has 0 aliphatic heterocycles. The lowest BCUT2D eigenvalue weighted by molar-refractivity contribution is -0.115. The topological polar surface area (TPSA) is 65.8 Å². The second-order valence-electron chi connectivity index (χ2n) is 4.13. The summed E-state index contributed by atoms with van der Waals surface area (Å²) >= 11 is 17.7. The van der Waals surface area contributed by atoms with Gasteiger partial charge in [0.15, 0.2) is 5.15 Å². The number of nitriles is 1. The van der Waals surface area contributed by atoms with Crippen LogP contribution in [0, 0.1) is 11.3 Å². The van der Waals surface area contributed by atoms with Gasteiger partial charge in [-0.05, 0) is 23.8 Å². The fraction of sp³-hybridized carbons (Fsp3) is 0.0714. The molecule has 2 rings (SSSR count). The Morgan fingerprint density at radius 2 is 2.05 bits per heavy atom. The molecule has 2 aromatic rings. The van der Waals surface area contributed by atoms with Crippen LogP contribution in [0.5, 0.6) is 0 Å². The average Bonchev–Trinajstić information content (AvgIpc) is 2.44. The Hall–Kier alpha value is -1.80. The van der Waals surface area contributed by atoms with Gasteiger partial charge >= 0.3 is 0 Å². The predicted octanol–water partition coefficient (Wildman–Crippen LogP) is 4.09. The third-order valence-corrected chi connectivity index (χ3v) is 3.50. The van der Waals surface area contributed by atoms with Crippen LogP contribution in [0.15, 0.2) is 30.5 Å². The van der Waals surface area contributed by atoms with Crippen LogP contribution in [0.4, 0.5) is 5.69 Å². The molecule has 1 amide bonds. The molecule has 1 heterocycles. The van der Waals surface area contributed by atoms with E-state index in [0.29, 0.717) is 21.2 Å². The number of carbonyl (C=O) groups excluding carboxylic acids is 1. The van der Waals surface area contributed by atoms with Crippen molar-refractivity contribution < 1.29 is 4.79 Å². The summed E-state index contributed by atoms with van der Waals surface area (Å²) in [5.41, 5.74) is 1.23. The van der Waals surface area contributed by atoms with Crippen LogP contribution in [0.3, 0.4) is 0 Å². The summed E-state index contributed by atoms with van der Waals surface area (Å²) in [5.74, 6) is -0.321. The summed E-state index contributed by atoms with van der Waals surface area (Å²) in [4.78, 5) is 15.8. The Bertz CT molecular complexity index is 741. The average molecular weight is 341 g/mol. The minimum Gasteiger partial charge on any atom is -0.323 e. The maximum absolute atomic E-state index is 12.0. The van der Waals surface area contributed by atoms with E-state index in [2.05, 4.69) is 10.3 Å². The van der Waals surface area contributed by atoms with E-state index in [9.17, 15) is 4.79 Å². The van der Waals surface area contributed by atoms with Gasteiger partial charge in [-0.1, -0.05) is 40.9 Å². The predicted molar refractivity (Wildman–Crippen MR) is 82.8 cm³/mol. The second-order valence-corrected chi connectivity index (χ2v) is 5.34. The monoisotopic (exact) mass is 339 g/mol. The molecule has 106 valence electrons. The van der Waals surface area contributed by atoms with Crippen LogP contribution in [0.1, 0.15) is 11.1 Å². The fourth-order valence-electron chi connectivity index (χ4n) is 1.63. The van der Waals surface area contributed by atoms with Crippen LogP contribution < -0.4 is 5.32 Å². The van der Waals surface area contributed by atoms with Gasteiger partial charge in [0.05, 0.1) is 17.7 Å². The Balaban J connectivity index is 2.13. The molecule has 1 aromatic carbocycles. The lowest BCUT2D eigenvalue weighted by atomic mass is 10.1. The number of hydrogen-bond donors (Lipinski definition) is 1. The molecule has 21 heavy (non-hydrogen) atoms. The van der Waals surface area contributed by atoms with E-state index in [1.807, 2.05) is 6.07 Å². The lowest BCUT2D eigenvalue weighted by Gasteiger charge is -2.08. The Morgan fingerprint density at radius 3 is 2.71 bits per heavy atom. The Kier molecular flexibility index (Phi) is 5.03. The van der Waals surface area contributed by atoms with Gasteiger partial charge in [-0.3, -0.25) is 4.79 Å². The minimum absolute atomic E-state index is 0.0586. The van der Waals surface area contributed by atoms with Crippen molar-refractivity contribution in [1.82, 2.24) is 4.98 Å². The number of benzene rings is 1. The zero-order valence-corrected chi connectivity index (χ0v) is 12.8. The first-order valence-corrected chi connectivity index (χ1v) is 6.92. The Morgan fingerprint density at radius 1 is 1.29 bits per heavy atom. The zero-order valence-electron chi connectivity index (χ0n) is 10.5. The second kappa shape index (κ2) is 6.77. The highest BCUT2D eigenvalue weighted by atomic mass is 35.5. The SMILES string of the molecule is N#Cc1cnc(Cl)c(NC(=O)Cc2ccc(Cl)cc2Cl)c1. The third kappa shape index (κ3) is 4.08. The molecular weight excluding hydrogens is 333 g/mol. The normalized spacial score (nSPS) is 10.0. The van der Waals surface area contributed by atoms with Crippen LogP contribution in [0.25, 0.3) is 0 Å². The van der Waals surface area contributed by atoms with Gasteiger partial charge in [0.1, 0.15) is 6.07 Å². The fourth-order valence-corrected chi connectivity index (χ4v) is 2.26. The van der Waals surface area contributed by atoms with Gasteiger partial charge in [-0.15, -0.1) is 0 Å². The number of pyridine rings is 1. The molecule has 0 aliphatic rings. The molecule has 0 unspecified atom stereocenters. The number of amides is 1. The molecule has 4 nitrogen and oxygen atoms in total. The molecule has 0 fully saturated rings. The third-order valence-electron chi connectivity index (χ3n) is 2.61. The van der Waals surface area contributed by atoms with Crippen LogP contribution in [0.2, 0.25) is 15.2 Å². The summed E-state index contributed by atoms with van der Waals surface area (Å²) in [6.07, 6.45) is 1.39.